The molecule has 2 aliphatic carbocycles. The van der Waals surface area contributed by atoms with E-state index in [-0.39, 0.29) is 11.7 Å². The van der Waals surface area contributed by atoms with Gasteiger partial charge < -0.3 is 4.90 Å². The number of ketones is 1. The van der Waals surface area contributed by atoms with Gasteiger partial charge >= 0.3 is 0 Å². The lowest BCUT2D eigenvalue weighted by Crippen LogP contribution is -2.48. The number of benzene rings is 1. The molecule has 26 heavy (non-hydrogen) atoms. The van der Waals surface area contributed by atoms with Crippen molar-refractivity contribution < 1.29 is 9.59 Å². The van der Waals surface area contributed by atoms with Gasteiger partial charge in [-0.3, -0.25) is 9.59 Å². The summed E-state index contributed by atoms with van der Waals surface area (Å²) in [5, 5.41) is 0. The van der Waals surface area contributed by atoms with Crippen molar-refractivity contribution >= 4 is 11.7 Å². The number of amides is 1. The monoisotopic (exact) mass is 355 g/mol. The summed E-state index contributed by atoms with van der Waals surface area (Å²) < 4.78 is 0. The second kappa shape index (κ2) is 9.34. The molecule has 0 unspecified atom stereocenters. The average Bonchev–Trinajstić information content (AvgIpc) is 2.68. The highest BCUT2D eigenvalue weighted by atomic mass is 16.2. The third-order valence-corrected chi connectivity index (χ3v) is 6.16. The minimum Gasteiger partial charge on any atom is -0.337 e. The van der Waals surface area contributed by atoms with Gasteiger partial charge in [-0.15, -0.1) is 0 Å². The van der Waals surface area contributed by atoms with E-state index in [9.17, 15) is 9.59 Å². The van der Waals surface area contributed by atoms with Crippen molar-refractivity contribution in [3.63, 3.8) is 0 Å². The normalized spacial score (nSPS) is 19.3. The number of nitrogens with zero attached hydrogens (tertiary/aromatic N) is 1. The van der Waals surface area contributed by atoms with Crippen LogP contribution < -0.4 is 0 Å². The van der Waals surface area contributed by atoms with Crippen molar-refractivity contribution in [3.05, 3.63) is 35.4 Å². The number of Topliss-reactive ketones (excluding diaryl/α,β-unsaturated/α-hetero) is 1. The van der Waals surface area contributed by atoms with Gasteiger partial charge in [0.05, 0.1) is 0 Å². The van der Waals surface area contributed by atoms with E-state index in [2.05, 4.69) is 4.90 Å². The first-order valence-corrected chi connectivity index (χ1v) is 10.6. The fourth-order valence-electron chi connectivity index (χ4n) is 4.66. The summed E-state index contributed by atoms with van der Waals surface area (Å²) in [5.41, 5.74) is 1.88. The standard InChI is InChI=1S/C23H33NO2/c1-18-12-14-19(15-13-18)22(25)16-17-23(26)24(20-8-4-2-5-9-20)21-10-6-3-7-11-21/h12-15,20-21H,2-11,16-17H2,1H3. The first-order valence-electron chi connectivity index (χ1n) is 10.6. The van der Waals surface area contributed by atoms with E-state index in [4.69, 9.17) is 0 Å². The summed E-state index contributed by atoms with van der Waals surface area (Å²) in [6.07, 6.45) is 12.8. The average molecular weight is 356 g/mol. The van der Waals surface area contributed by atoms with Crippen molar-refractivity contribution in [1.29, 1.82) is 0 Å². The molecule has 1 aromatic rings. The zero-order chi connectivity index (χ0) is 18.4. The van der Waals surface area contributed by atoms with Crippen molar-refractivity contribution in [2.75, 3.05) is 0 Å². The number of hydrogen-bond acceptors (Lipinski definition) is 2. The molecular formula is C23H33NO2. The smallest absolute Gasteiger partial charge is 0.223 e. The molecule has 2 aliphatic rings. The van der Waals surface area contributed by atoms with Crippen LogP contribution in [0.1, 0.15) is 93.0 Å². The summed E-state index contributed by atoms with van der Waals surface area (Å²) in [7, 11) is 0. The van der Waals surface area contributed by atoms with Gasteiger partial charge in [-0.25, -0.2) is 0 Å². The fraction of sp³-hybridized carbons (Fsp3) is 0.652. The molecule has 0 saturated heterocycles. The highest BCUT2D eigenvalue weighted by molar-refractivity contribution is 5.98. The predicted octanol–water partition coefficient (Wildman–Crippen LogP) is 5.45. The first-order chi connectivity index (χ1) is 12.6. The topological polar surface area (TPSA) is 37.4 Å². The SMILES string of the molecule is Cc1ccc(C(=O)CCC(=O)N(C2CCCCC2)C2CCCCC2)cc1. The number of carbonyl (C=O) groups is 2. The van der Waals surface area contributed by atoms with E-state index in [1.807, 2.05) is 31.2 Å². The summed E-state index contributed by atoms with van der Waals surface area (Å²) in [5.74, 6) is 0.301. The molecular weight excluding hydrogens is 322 g/mol. The molecule has 2 saturated carbocycles. The molecule has 0 radical (unpaired) electrons. The van der Waals surface area contributed by atoms with Crippen molar-refractivity contribution in [2.24, 2.45) is 0 Å². The van der Waals surface area contributed by atoms with Crippen LogP contribution in [0.2, 0.25) is 0 Å². The highest BCUT2D eigenvalue weighted by Gasteiger charge is 2.32. The van der Waals surface area contributed by atoms with Crippen LogP contribution in [0.4, 0.5) is 0 Å². The third-order valence-electron chi connectivity index (χ3n) is 6.16. The Morgan fingerprint density at radius 3 is 1.81 bits per heavy atom. The minimum atomic E-state index is 0.0885. The zero-order valence-electron chi connectivity index (χ0n) is 16.2. The summed E-state index contributed by atoms with van der Waals surface area (Å²) in [6, 6.07) is 8.50. The molecule has 0 bridgehead atoms. The second-order valence-corrected chi connectivity index (χ2v) is 8.17. The van der Waals surface area contributed by atoms with Gasteiger partial charge in [0.1, 0.15) is 0 Å². The molecule has 0 N–H and O–H groups in total. The molecule has 0 aliphatic heterocycles. The van der Waals surface area contributed by atoms with Crippen LogP contribution in [-0.4, -0.2) is 28.7 Å². The van der Waals surface area contributed by atoms with Crippen molar-refractivity contribution in [1.82, 2.24) is 4.90 Å². The number of aryl methyl sites for hydroxylation is 1. The Hall–Kier alpha value is -1.64. The Balaban J connectivity index is 1.62. The lowest BCUT2D eigenvalue weighted by molar-refractivity contribution is -0.138. The van der Waals surface area contributed by atoms with Crippen molar-refractivity contribution in [2.45, 2.75) is 96.1 Å². The van der Waals surface area contributed by atoms with Crippen LogP contribution in [0, 0.1) is 6.92 Å². The molecule has 0 spiro atoms. The van der Waals surface area contributed by atoms with E-state index in [0.29, 0.717) is 24.9 Å². The maximum Gasteiger partial charge on any atom is 0.223 e. The first kappa shape index (κ1) is 19.1. The van der Waals surface area contributed by atoms with Gasteiger partial charge in [0, 0.05) is 30.5 Å². The maximum absolute atomic E-state index is 13.1. The van der Waals surface area contributed by atoms with Crippen molar-refractivity contribution in [3.8, 4) is 0 Å². The van der Waals surface area contributed by atoms with E-state index in [1.54, 1.807) is 0 Å². The quantitative estimate of drug-likeness (QED) is 0.636. The van der Waals surface area contributed by atoms with E-state index in [1.165, 1.54) is 38.5 Å². The molecule has 0 heterocycles. The molecule has 3 nitrogen and oxygen atoms in total. The van der Waals surface area contributed by atoms with E-state index in [0.717, 1.165) is 36.8 Å². The van der Waals surface area contributed by atoms with Gasteiger partial charge in [0.2, 0.25) is 5.91 Å². The summed E-state index contributed by atoms with van der Waals surface area (Å²) in [4.78, 5) is 27.8. The van der Waals surface area contributed by atoms with Crippen LogP contribution in [0.15, 0.2) is 24.3 Å². The van der Waals surface area contributed by atoms with Gasteiger partial charge in [-0.2, -0.15) is 0 Å². The Morgan fingerprint density at radius 1 is 0.808 bits per heavy atom. The fourth-order valence-corrected chi connectivity index (χ4v) is 4.66. The molecule has 142 valence electrons. The number of rotatable bonds is 6. The Bertz CT molecular complexity index is 577. The van der Waals surface area contributed by atoms with Gasteiger partial charge in [-0.1, -0.05) is 68.4 Å². The summed E-state index contributed by atoms with van der Waals surface area (Å²) >= 11 is 0. The molecule has 3 rings (SSSR count). The Labute approximate surface area is 158 Å². The van der Waals surface area contributed by atoms with Gasteiger partial charge in [0.25, 0.3) is 0 Å². The molecule has 2 fully saturated rings. The lowest BCUT2D eigenvalue weighted by atomic mass is 9.88. The van der Waals surface area contributed by atoms with E-state index < -0.39 is 0 Å². The number of carbonyl (C=O) groups excluding carboxylic acids is 2. The van der Waals surface area contributed by atoms with Gasteiger partial charge in [-0.05, 0) is 32.6 Å². The van der Waals surface area contributed by atoms with Gasteiger partial charge in [0.15, 0.2) is 5.78 Å². The van der Waals surface area contributed by atoms with Crippen LogP contribution in [0.3, 0.4) is 0 Å². The number of hydrogen-bond donors (Lipinski definition) is 0. The highest BCUT2D eigenvalue weighted by Crippen LogP contribution is 2.31. The third kappa shape index (κ3) is 4.96. The Morgan fingerprint density at radius 2 is 1.31 bits per heavy atom. The molecule has 1 aromatic carbocycles. The second-order valence-electron chi connectivity index (χ2n) is 8.17. The lowest BCUT2D eigenvalue weighted by Gasteiger charge is -2.42. The molecule has 0 atom stereocenters. The maximum atomic E-state index is 13.1. The zero-order valence-corrected chi connectivity index (χ0v) is 16.2. The van der Waals surface area contributed by atoms with Crippen LogP contribution >= 0.6 is 0 Å². The summed E-state index contributed by atoms with van der Waals surface area (Å²) in [6.45, 7) is 2.02. The minimum absolute atomic E-state index is 0.0885. The molecule has 0 aromatic heterocycles. The Kier molecular flexibility index (Phi) is 6.87. The molecule has 1 amide bonds. The van der Waals surface area contributed by atoms with E-state index >= 15 is 0 Å². The van der Waals surface area contributed by atoms with Crippen LogP contribution in [0.25, 0.3) is 0 Å². The predicted molar refractivity (Wildman–Crippen MR) is 105 cm³/mol. The molecule has 3 heteroatoms. The van der Waals surface area contributed by atoms with Crippen LogP contribution in [-0.2, 0) is 4.79 Å². The largest absolute Gasteiger partial charge is 0.337 e. The van der Waals surface area contributed by atoms with Crippen LogP contribution in [0.5, 0.6) is 0 Å².